The van der Waals surface area contributed by atoms with Gasteiger partial charge in [-0.05, 0) is 24.3 Å². The maximum Gasteiger partial charge on any atom is 0.330 e. The third-order valence-electron chi connectivity index (χ3n) is 3.34. The molecule has 0 saturated heterocycles. The van der Waals surface area contributed by atoms with Crippen LogP contribution in [0.25, 0.3) is 0 Å². The number of hydrogen-bond donors (Lipinski definition) is 1. The second-order valence-corrected chi connectivity index (χ2v) is 6.95. The van der Waals surface area contributed by atoms with Gasteiger partial charge in [0.15, 0.2) is 4.90 Å². The van der Waals surface area contributed by atoms with Crippen LogP contribution in [-0.2, 0) is 24.1 Å². The van der Waals surface area contributed by atoms with Crippen molar-refractivity contribution in [3.05, 3.63) is 51.3 Å². The summed E-state index contributed by atoms with van der Waals surface area (Å²) in [6, 6.07) is 6.69. The van der Waals surface area contributed by atoms with Gasteiger partial charge in [0.1, 0.15) is 0 Å². The molecule has 2 aromatic rings. The third kappa shape index (κ3) is 3.29. The highest BCUT2D eigenvalue weighted by atomic mass is 32.2. The minimum Gasteiger partial charge on any atom is -0.378 e. The Hall–Kier alpha value is -2.55. The fraction of sp³-hybridized carbons (Fsp3) is 0.286. The number of nitrogens with one attached hydrogen (secondary N) is 1. The van der Waals surface area contributed by atoms with Gasteiger partial charge >= 0.3 is 5.69 Å². The van der Waals surface area contributed by atoms with E-state index in [1.807, 2.05) is 19.0 Å². The summed E-state index contributed by atoms with van der Waals surface area (Å²) in [6.07, 6.45) is 1.02. The lowest BCUT2D eigenvalue weighted by atomic mass is 10.3. The zero-order chi connectivity index (χ0) is 17.4. The van der Waals surface area contributed by atoms with Crippen molar-refractivity contribution in [3.8, 4) is 0 Å². The zero-order valence-corrected chi connectivity index (χ0v) is 14.1. The number of aryl methyl sites for hydroxylation is 1. The van der Waals surface area contributed by atoms with Crippen LogP contribution in [0.5, 0.6) is 0 Å². The number of hydrogen-bond acceptors (Lipinski definition) is 5. The Morgan fingerprint density at radius 2 is 1.61 bits per heavy atom. The monoisotopic (exact) mass is 338 g/mol. The van der Waals surface area contributed by atoms with Gasteiger partial charge < -0.3 is 9.47 Å². The van der Waals surface area contributed by atoms with Crippen LogP contribution in [0.3, 0.4) is 0 Å². The van der Waals surface area contributed by atoms with Crippen molar-refractivity contribution in [1.29, 1.82) is 0 Å². The van der Waals surface area contributed by atoms with Crippen LogP contribution in [-0.4, -0.2) is 31.6 Å². The van der Waals surface area contributed by atoms with Crippen molar-refractivity contribution in [3.63, 3.8) is 0 Å². The Labute approximate surface area is 133 Å². The summed E-state index contributed by atoms with van der Waals surface area (Å²) < 4.78 is 29.0. The average molecular weight is 338 g/mol. The van der Waals surface area contributed by atoms with Gasteiger partial charge in [-0.25, -0.2) is 13.2 Å². The summed E-state index contributed by atoms with van der Waals surface area (Å²) in [5.74, 6) is 0. The van der Waals surface area contributed by atoms with Crippen molar-refractivity contribution in [2.45, 2.75) is 4.90 Å². The predicted octanol–water partition coefficient (Wildman–Crippen LogP) is -0.0492. The van der Waals surface area contributed by atoms with Gasteiger partial charge in [-0.15, -0.1) is 0 Å². The van der Waals surface area contributed by atoms with E-state index in [4.69, 9.17) is 0 Å². The van der Waals surface area contributed by atoms with Crippen molar-refractivity contribution in [1.82, 2.24) is 9.13 Å². The van der Waals surface area contributed by atoms with E-state index in [1.54, 1.807) is 24.3 Å². The smallest absolute Gasteiger partial charge is 0.330 e. The second-order valence-electron chi connectivity index (χ2n) is 5.30. The molecule has 0 atom stereocenters. The Balaban J connectivity index is 2.44. The Morgan fingerprint density at radius 1 is 1.04 bits per heavy atom. The summed E-state index contributed by atoms with van der Waals surface area (Å²) in [7, 11) is 2.25. The molecule has 23 heavy (non-hydrogen) atoms. The Kier molecular flexibility index (Phi) is 4.33. The van der Waals surface area contributed by atoms with Gasteiger partial charge in [0.2, 0.25) is 0 Å². The molecule has 1 aromatic heterocycles. The van der Waals surface area contributed by atoms with Crippen molar-refractivity contribution in [2.75, 3.05) is 23.7 Å². The highest BCUT2D eigenvalue weighted by Crippen LogP contribution is 2.18. The largest absolute Gasteiger partial charge is 0.378 e. The highest BCUT2D eigenvalue weighted by Gasteiger charge is 2.21. The van der Waals surface area contributed by atoms with Gasteiger partial charge in [-0.3, -0.25) is 14.1 Å². The highest BCUT2D eigenvalue weighted by molar-refractivity contribution is 7.92. The topological polar surface area (TPSA) is 93.4 Å². The van der Waals surface area contributed by atoms with Gasteiger partial charge in [0.25, 0.3) is 15.6 Å². The molecule has 0 aliphatic rings. The molecule has 0 spiro atoms. The molecular formula is C14H18N4O4S. The van der Waals surface area contributed by atoms with E-state index in [0.717, 1.165) is 21.0 Å². The summed E-state index contributed by atoms with van der Waals surface area (Å²) in [4.78, 5) is 25.1. The van der Waals surface area contributed by atoms with Gasteiger partial charge in [-0.1, -0.05) is 0 Å². The van der Waals surface area contributed by atoms with E-state index in [1.165, 1.54) is 14.1 Å². The predicted molar refractivity (Wildman–Crippen MR) is 88.5 cm³/mol. The standard InChI is InChI=1S/C14H18N4O4S/c1-16(2)11-7-5-10(6-8-11)15-23(21,22)12-9-17(3)14(20)18(4)13(12)19/h5-9,15H,1-4H3. The van der Waals surface area contributed by atoms with Gasteiger partial charge in [-0.2, -0.15) is 0 Å². The van der Waals surface area contributed by atoms with E-state index in [-0.39, 0.29) is 0 Å². The summed E-state index contributed by atoms with van der Waals surface area (Å²) in [6.45, 7) is 0. The lowest BCUT2D eigenvalue weighted by Gasteiger charge is -2.14. The molecule has 0 fully saturated rings. The molecule has 1 N–H and O–H groups in total. The molecule has 0 unspecified atom stereocenters. The summed E-state index contributed by atoms with van der Waals surface area (Å²) in [5.41, 5.74) is -0.229. The minimum absolute atomic E-state index is 0.325. The average Bonchev–Trinajstić information content (AvgIpc) is 2.48. The van der Waals surface area contributed by atoms with Crippen LogP contribution >= 0.6 is 0 Å². The maximum atomic E-state index is 12.4. The third-order valence-corrected chi connectivity index (χ3v) is 4.70. The minimum atomic E-state index is -4.10. The fourth-order valence-electron chi connectivity index (χ4n) is 2.00. The first-order chi connectivity index (χ1) is 10.6. The molecule has 0 bridgehead atoms. The quantitative estimate of drug-likeness (QED) is 0.844. The molecule has 0 aliphatic carbocycles. The molecular weight excluding hydrogens is 320 g/mol. The van der Waals surface area contributed by atoms with E-state index in [9.17, 15) is 18.0 Å². The van der Waals surface area contributed by atoms with E-state index < -0.39 is 26.2 Å². The molecule has 8 nitrogen and oxygen atoms in total. The molecule has 9 heteroatoms. The number of nitrogens with zero attached hydrogens (tertiary/aromatic N) is 3. The van der Waals surface area contributed by atoms with E-state index >= 15 is 0 Å². The number of aromatic nitrogens is 2. The molecule has 0 saturated carbocycles. The molecule has 0 radical (unpaired) electrons. The van der Waals surface area contributed by atoms with Gasteiger partial charge in [0.05, 0.1) is 0 Å². The SMILES string of the molecule is CN(C)c1ccc(NS(=O)(=O)c2cn(C)c(=O)n(C)c2=O)cc1. The van der Waals surface area contributed by atoms with Crippen LogP contribution in [0.4, 0.5) is 11.4 Å². The van der Waals surface area contributed by atoms with Crippen LogP contribution < -0.4 is 20.9 Å². The number of benzene rings is 1. The number of rotatable bonds is 4. The van der Waals surface area contributed by atoms with Crippen LogP contribution in [0.2, 0.25) is 0 Å². The normalized spacial score (nSPS) is 11.3. The van der Waals surface area contributed by atoms with Crippen LogP contribution in [0, 0.1) is 0 Å². The molecule has 1 heterocycles. The molecule has 2 rings (SSSR count). The van der Waals surface area contributed by atoms with Crippen LogP contribution in [0.15, 0.2) is 44.9 Å². The molecule has 0 aliphatic heterocycles. The Morgan fingerprint density at radius 3 is 2.13 bits per heavy atom. The van der Waals surface area contributed by atoms with Crippen LogP contribution in [0.1, 0.15) is 0 Å². The lowest BCUT2D eigenvalue weighted by Crippen LogP contribution is -2.40. The summed E-state index contributed by atoms with van der Waals surface area (Å²) in [5, 5.41) is 0. The lowest BCUT2D eigenvalue weighted by molar-refractivity contribution is 0.589. The number of sulfonamides is 1. The van der Waals surface area contributed by atoms with Gasteiger partial charge in [0, 0.05) is 45.8 Å². The second kappa shape index (κ2) is 5.92. The molecule has 1 aromatic carbocycles. The molecule has 124 valence electrons. The van der Waals surface area contributed by atoms with Crippen molar-refractivity contribution in [2.24, 2.45) is 14.1 Å². The molecule has 0 amide bonds. The van der Waals surface area contributed by atoms with E-state index in [0.29, 0.717) is 5.69 Å². The number of anilines is 2. The Bertz CT molecular complexity index is 940. The zero-order valence-electron chi connectivity index (χ0n) is 13.3. The first-order valence-electron chi connectivity index (χ1n) is 6.70. The first kappa shape index (κ1) is 16.8. The van der Waals surface area contributed by atoms with E-state index in [2.05, 4.69) is 4.72 Å². The summed E-state index contributed by atoms with van der Waals surface area (Å²) >= 11 is 0. The first-order valence-corrected chi connectivity index (χ1v) is 8.18. The van der Waals surface area contributed by atoms with Crippen molar-refractivity contribution < 1.29 is 8.42 Å². The van der Waals surface area contributed by atoms with Crippen molar-refractivity contribution >= 4 is 21.4 Å². The maximum absolute atomic E-state index is 12.4. The fourth-order valence-corrected chi connectivity index (χ4v) is 3.22.